The molecular weight excluding hydrogens is 404 g/mol. The van der Waals surface area contributed by atoms with Crippen LogP contribution >= 0.6 is 0 Å². The molecule has 0 aliphatic carbocycles. The quantitative estimate of drug-likeness (QED) is 0.280. The Labute approximate surface area is 188 Å². The van der Waals surface area contributed by atoms with E-state index in [4.69, 9.17) is 10.5 Å². The summed E-state index contributed by atoms with van der Waals surface area (Å²) in [5.74, 6) is -0.630. The maximum Gasteiger partial charge on any atom is 0.339 e. The number of aromatic carboxylic acids is 1. The standard InChI is InChI=1S/C26H30N2O4/c1-17(2)32-25-15-21(9-12-23(25)26(30)31)19-5-3-18(4-6-19)13-14-28-16-24(29)20-7-10-22(27)11-8-20/h3-12,15,17,24,28-29H,13-14,16,27H2,1-2H3,(H,30,31)/t24-/m1/s1. The van der Waals surface area contributed by atoms with Crippen LogP contribution in [0.4, 0.5) is 5.69 Å². The summed E-state index contributed by atoms with van der Waals surface area (Å²) < 4.78 is 5.70. The Morgan fingerprint density at radius 2 is 1.66 bits per heavy atom. The minimum Gasteiger partial charge on any atom is -0.490 e. The number of carbonyl (C=O) groups is 1. The number of hydrogen-bond acceptors (Lipinski definition) is 5. The number of nitrogens with one attached hydrogen (secondary N) is 1. The fourth-order valence-corrected chi connectivity index (χ4v) is 3.40. The minimum absolute atomic E-state index is 0.114. The van der Waals surface area contributed by atoms with E-state index in [1.54, 1.807) is 30.3 Å². The Morgan fingerprint density at radius 3 is 2.28 bits per heavy atom. The zero-order valence-electron chi connectivity index (χ0n) is 18.4. The van der Waals surface area contributed by atoms with Crippen LogP contribution in [0.25, 0.3) is 11.1 Å². The van der Waals surface area contributed by atoms with Gasteiger partial charge in [0.15, 0.2) is 0 Å². The van der Waals surface area contributed by atoms with E-state index >= 15 is 0 Å². The number of nitrogens with two attached hydrogens (primary N) is 1. The van der Waals surface area contributed by atoms with Crippen molar-refractivity contribution in [3.63, 3.8) is 0 Å². The Morgan fingerprint density at radius 1 is 1.00 bits per heavy atom. The van der Waals surface area contributed by atoms with Crippen LogP contribution in [0.5, 0.6) is 5.75 Å². The van der Waals surface area contributed by atoms with Crippen LogP contribution < -0.4 is 15.8 Å². The maximum atomic E-state index is 11.5. The van der Waals surface area contributed by atoms with E-state index in [0.29, 0.717) is 18.0 Å². The second-order valence-electron chi connectivity index (χ2n) is 8.02. The van der Waals surface area contributed by atoms with Gasteiger partial charge in [0.25, 0.3) is 0 Å². The lowest BCUT2D eigenvalue weighted by Gasteiger charge is -2.14. The lowest BCUT2D eigenvalue weighted by molar-refractivity contribution is 0.0690. The molecule has 3 rings (SSSR count). The molecular formula is C26H30N2O4. The minimum atomic E-state index is -1.00. The van der Waals surface area contributed by atoms with Crippen LogP contribution in [-0.4, -0.2) is 35.4 Å². The Bertz CT molecular complexity index is 1030. The Kier molecular flexibility index (Phi) is 7.87. The molecule has 3 aromatic carbocycles. The van der Waals surface area contributed by atoms with Crippen molar-refractivity contribution in [3.05, 3.63) is 83.4 Å². The topological polar surface area (TPSA) is 105 Å². The molecule has 0 unspecified atom stereocenters. The van der Waals surface area contributed by atoms with Crippen molar-refractivity contribution in [1.29, 1.82) is 0 Å². The van der Waals surface area contributed by atoms with Gasteiger partial charge in [-0.2, -0.15) is 0 Å². The van der Waals surface area contributed by atoms with Gasteiger partial charge in [-0.3, -0.25) is 0 Å². The number of aliphatic hydroxyl groups is 1. The van der Waals surface area contributed by atoms with Gasteiger partial charge in [-0.25, -0.2) is 4.79 Å². The van der Waals surface area contributed by atoms with E-state index in [2.05, 4.69) is 17.4 Å². The summed E-state index contributed by atoms with van der Waals surface area (Å²) in [5, 5.41) is 22.9. The average Bonchev–Trinajstić information content (AvgIpc) is 2.77. The lowest BCUT2D eigenvalue weighted by atomic mass is 10.0. The third kappa shape index (κ3) is 6.33. The number of carboxylic acids is 1. The molecule has 3 aromatic rings. The van der Waals surface area contributed by atoms with Crippen LogP contribution in [0.1, 0.15) is 41.4 Å². The molecule has 0 aromatic heterocycles. The predicted molar refractivity (Wildman–Crippen MR) is 127 cm³/mol. The summed E-state index contributed by atoms with van der Waals surface area (Å²) in [6.45, 7) is 4.95. The van der Waals surface area contributed by atoms with Crippen molar-refractivity contribution >= 4 is 11.7 Å². The molecule has 6 nitrogen and oxygen atoms in total. The molecule has 0 aliphatic heterocycles. The van der Waals surface area contributed by atoms with Crippen molar-refractivity contribution in [2.45, 2.75) is 32.5 Å². The van der Waals surface area contributed by atoms with Gasteiger partial charge in [0.2, 0.25) is 0 Å². The summed E-state index contributed by atoms with van der Waals surface area (Å²) in [5.41, 5.74) is 10.4. The summed E-state index contributed by atoms with van der Waals surface area (Å²) in [7, 11) is 0. The maximum absolute atomic E-state index is 11.5. The third-order valence-electron chi connectivity index (χ3n) is 5.11. The Balaban J connectivity index is 1.56. The normalized spacial score (nSPS) is 12.0. The zero-order valence-corrected chi connectivity index (χ0v) is 18.4. The van der Waals surface area contributed by atoms with E-state index in [0.717, 1.165) is 29.7 Å². The van der Waals surface area contributed by atoms with Crippen molar-refractivity contribution in [3.8, 4) is 16.9 Å². The number of rotatable bonds is 10. The summed E-state index contributed by atoms with van der Waals surface area (Å²) in [4.78, 5) is 11.5. The fourth-order valence-electron chi connectivity index (χ4n) is 3.40. The largest absolute Gasteiger partial charge is 0.490 e. The number of hydrogen-bond donors (Lipinski definition) is 4. The predicted octanol–water partition coefficient (Wildman–Crippen LogP) is 4.29. The first-order valence-corrected chi connectivity index (χ1v) is 10.7. The number of carboxylic acid groups (broad SMARTS) is 1. The molecule has 0 fully saturated rings. The second kappa shape index (κ2) is 10.8. The molecule has 0 spiro atoms. The molecule has 0 aliphatic rings. The molecule has 0 saturated carbocycles. The number of anilines is 1. The van der Waals surface area contributed by atoms with E-state index < -0.39 is 12.1 Å². The highest BCUT2D eigenvalue weighted by molar-refractivity contribution is 5.92. The van der Waals surface area contributed by atoms with E-state index in [-0.39, 0.29) is 11.7 Å². The molecule has 0 heterocycles. The molecule has 5 N–H and O–H groups in total. The molecule has 168 valence electrons. The van der Waals surface area contributed by atoms with E-state index in [9.17, 15) is 15.0 Å². The monoisotopic (exact) mass is 434 g/mol. The average molecular weight is 435 g/mol. The van der Waals surface area contributed by atoms with Crippen molar-refractivity contribution in [1.82, 2.24) is 5.32 Å². The highest BCUT2D eigenvalue weighted by Crippen LogP contribution is 2.28. The highest BCUT2D eigenvalue weighted by Gasteiger charge is 2.14. The summed E-state index contributed by atoms with van der Waals surface area (Å²) in [6, 6.07) is 20.6. The zero-order chi connectivity index (χ0) is 23.1. The first-order chi connectivity index (χ1) is 15.3. The molecule has 6 heteroatoms. The SMILES string of the molecule is CC(C)Oc1cc(-c2ccc(CCNC[C@@H](O)c3ccc(N)cc3)cc2)ccc1C(=O)O. The highest BCUT2D eigenvalue weighted by atomic mass is 16.5. The first-order valence-electron chi connectivity index (χ1n) is 10.7. The Hall–Kier alpha value is -3.35. The molecule has 0 saturated heterocycles. The lowest BCUT2D eigenvalue weighted by Crippen LogP contribution is -2.23. The third-order valence-corrected chi connectivity index (χ3v) is 5.11. The second-order valence-corrected chi connectivity index (χ2v) is 8.02. The van der Waals surface area contributed by atoms with E-state index in [1.807, 2.05) is 38.1 Å². The van der Waals surface area contributed by atoms with Gasteiger partial charge in [0.1, 0.15) is 11.3 Å². The van der Waals surface area contributed by atoms with Crippen LogP contribution in [0, 0.1) is 0 Å². The van der Waals surface area contributed by atoms with Crippen molar-refractivity contribution in [2.75, 3.05) is 18.8 Å². The van der Waals surface area contributed by atoms with Gasteiger partial charge in [-0.05, 0) is 73.3 Å². The summed E-state index contributed by atoms with van der Waals surface area (Å²) >= 11 is 0. The van der Waals surface area contributed by atoms with Crippen LogP contribution in [0.15, 0.2) is 66.7 Å². The van der Waals surface area contributed by atoms with Crippen molar-refractivity contribution in [2.24, 2.45) is 0 Å². The van der Waals surface area contributed by atoms with Crippen molar-refractivity contribution < 1.29 is 19.7 Å². The van der Waals surface area contributed by atoms with Crippen LogP contribution in [0.2, 0.25) is 0 Å². The van der Waals surface area contributed by atoms with Gasteiger partial charge in [0.05, 0.1) is 12.2 Å². The van der Waals surface area contributed by atoms with E-state index in [1.165, 1.54) is 5.56 Å². The van der Waals surface area contributed by atoms with Gasteiger partial charge in [-0.15, -0.1) is 0 Å². The first kappa shape index (κ1) is 23.3. The summed E-state index contributed by atoms with van der Waals surface area (Å²) in [6.07, 6.45) is 0.139. The van der Waals surface area contributed by atoms with Gasteiger partial charge >= 0.3 is 5.97 Å². The number of nitrogen functional groups attached to an aromatic ring is 1. The number of aliphatic hydroxyl groups excluding tert-OH is 1. The molecule has 0 amide bonds. The van der Waals surface area contributed by atoms with Crippen LogP contribution in [-0.2, 0) is 6.42 Å². The van der Waals surface area contributed by atoms with Gasteiger partial charge < -0.3 is 26.0 Å². The van der Waals surface area contributed by atoms with Crippen LogP contribution in [0.3, 0.4) is 0 Å². The number of ether oxygens (including phenoxy) is 1. The molecule has 0 radical (unpaired) electrons. The van der Waals surface area contributed by atoms with Gasteiger partial charge in [0, 0.05) is 12.2 Å². The molecule has 1 atom stereocenters. The van der Waals surface area contributed by atoms with Gasteiger partial charge in [-0.1, -0.05) is 42.5 Å². The molecule has 32 heavy (non-hydrogen) atoms. The molecule has 0 bridgehead atoms. The fraction of sp³-hybridized carbons (Fsp3) is 0.269. The smallest absolute Gasteiger partial charge is 0.339 e. The number of benzene rings is 3.